The van der Waals surface area contributed by atoms with E-state index in [1.54, 1.807) is 27.7 Å². The average molecular weight is 602 g/mol. The van der Waals surface area contributed by atoms with Crippen molar-refractivity contribution in [3.05, 3.63) is 48.0 Å². The summed E-state index contributed by atoms with van der Waals surface area (Å²) < 4.78 is 15.8. The van der Waals surface area contributed by atoms with Crippen molar-refractivity contribution in [3.8, 4) is 0 Å². The van der Waals surface area contributed by atoms with Crippen LogP contribution in [0.5, 0.6) is 0 Å². The first kappa shape index (κ1) is 34.8. The maximum absolute atomic E-state index is 13.1. The minimum atomic E-state index is -1.23. The van der Waals surface area contributed by atoms with Crippen LogP contribution in [0.2, 0.25) is 0 Å². The van der Waals surface area contributed by atoms with Gasteiger partial charge in [-0.25, -0.2) is 0 Å². The third kappa shape index (κ3) is 13.1. The van der Waals surface area contributed by atoms with Crippen LogP contribution < -0.4 is 5.32 Å². The number of esters is 3. The molecule has 0 bridgehead atoms. The Morgan fingerprint density at radius 2 is 1.57 bits per heavy atom. The number of Topliss-reactive ketones (excluding diaryl/α,β-unsaturated/α-hetero) is 1. The van der Waals surface area contributed by atoms with Gasteiger partial charge in [0.2, 0.25) is 5.91 Å². The summed E-state index contributed by atoms with van der Waals surface area (Å²) in [6.45, 7) is 10.5. The topological polar surface area (TPSA) is 125 Å². The Labute approximate surface area is 252 Å². The lowest BCUT2D eigenvalue weighted by Gasteiger charge is -2.23. The van der Waals surface area contributed by atoms with Crippen LogP contribution >= 0.6 is 11.8 Å². The molecule has 2 aromatic rings. The standard InChI is InChI=1S/C32H43NO8S/c1-21(2)18-39-28(35)14-15-42-20-22(3)31(38)33-26(17-30(37)41-32(4,5)6)27(34)19-40-29(36)16-24-12-9-11-23-10-7-8-13-25(23)24/h7-13,21-22,26H,14-20H2,1-6H3,(H,33,38). The fourth-order valence-electron chi connectivity index (χ4n) is 3.84. The Balaban J connectivity index is 1.94. The molecule has 2 rings (SSSR count). The number of benzene rings is 2. The second-order valence-electron chi connectivity index (χ2n) is 11.6. The molecular formula is C32H43NO8S. The average Bonchev–Trinajstić information content (AvgIpc) is 2.91. The molecule has 0 radical (unpaired) electrons. The normalized spacial score (nSPS) is 12.8. The van der Waals surface area contributed by atoms with Crippen molar-refractivity contribution in [2.24, 2.45) is 11.8 Å². The molecule has 0 heterocycles. The molecule has 42 heavy (non-hydrogen) atoms. The largest absolute Gasteiger partial charge is 0.465 e. The summed E-state index contributed by atoms with van der Waals surface area (Å²) in [5, 5.41) is 4.53. The highest BCUT2D eigenvalue weighted by atomic mass is 32.2. The Bertz CT molecular complexity index is 1230. The van der Waals surface area contributed by atoms with Crippen LogP contribution in [0.15, 0.2) is 42.5 Å². The predicted molar refractivity (Wildman–Crippen MR) is 163 cm³/mol. The molecule has 0 aliphatic rings. The van der Waals surface area contributed by atoms with Crippen molar-refractivity contribution in [1.82, 2.24) is 5.32 Å². The summed E-state index contributed by atoms with van der Waals surface area (Å²) in [7, 11) is 0. The molecule has 10 heteroatoms. The molecule has 0 spiro atoms. The number of hydrogen-bond acceptors (Lipinski definition) is 9. The van der Waals surface area contributed by atoms with E-state index in [0.717, 1.165) is 16.3 Å². The molecule has 0 saturated heterocycles. The van der Waals surface area contributed by atoms with Gasteiger partial charge in [0.25, 0.3) is 0 Å². The van der Waals surface area contributed by atoms with E-state index >= 15 is 0 Å². The summed E-state index contributed by atoms with van der Waals surface area (Å²) in [6.07, 6.45) is -0.198. The van der Waals surface area contributed by atoms with Crippen molar-refractivity contribution >= 4 is 52.1 Å². The van der Waals surface area contributed by atoms with Crippen molar-refractivity contribution in [3.63, 3.8) is 0 Å². The molecule has 0 saturated carbocycles. The molecule has 2 unspecified atom stereocenters. The predicted octanol–water partition coefficient (Wildman–Crippen LogP) is 4.67. The Morgan fingerprint density at radius 3 is 2.26 bits per heavy atom. The van der Waals surface area contributed by atoms with Gasteiger partial charge in [-0.05, 0) is 43.0 Å². The van der Waals surface area contributed by atoms with E-state index < -0.39 is 54.2 Å². The molecule has 9 nitrogen and oxygen atoms in total. The summed E-state index contributed by atoms with van der Waals surface area (Å²) in [5.74, 6) is -1.96. The number of fused-ring (bicyclic) bond motifs is 1. The molecule has 230 valence electrons. The van der Waals surface area contributed by atoms with E-state index in [0.29, 0.717) is 18.1 Å². The van der Waals surface area contributed by atoms with Gasteiger partial charge in [0, 0.05) is 17.4 Å². The van der Waals surface area contributed by atoms with Crippen LogP contribution in [-0.2, 0) is 44.6 Å². The third-order valence-corrected chi connectivity index (χ3v) is 7.16. The summed E-state index contributed by atoms with van der Waals surface area (Å²) in [5.41, 5.74) is -0.0106. The van der Waals surface area contributed by atoms with Crippen molar-refractivity contribution in [2.45, 2.75) is 72.4 Å². The number of hydrogen-bond donors (Lipinski definition) is 1. The van der Waals surface area contributed by atoms with Crippen LogP contribution in [-0.4, -0.2) is 66.0 Å². The Kier molecular flexibility index (Phi) is 14.0. The van der Waals surface area contributed by atoms with Crippen LogP contribution in [0.1, 0.15) is 59.9 Å². The van der Waals surface area contributed by atoms with Crippen molar-refractivity contribution in [2.75, 3.05) is 24.7 Å². The fourth-order valence-corrected chi connectivity index (χ4v) is 4.82. The minimum absolute atomic E-state index is 0.0308. The number of amides is 1. The molecular weight excluding hydrogens is 558 g/mol. The quantitative estimate of drug-likeness (QED) is 0.166. The van der Waals surface area contributed by atoms with Gasteiger partial charge in [-0.3, -0.25) is 24.0 Å². The zero-order chi connectivity index (χ0) is 31.3. The number of thioether (sulfide) groups is 1. The van der Waals surface area contributed by atoms with E-state index in [4.69, 9.17) is 14.2 Å². The number of nitrogens with one attached hydrogen (secondary N) is 1. The molecule has 2 aromatic carbocycles. The van der Waals surface area contributed by atoms with Gasteiger partial charge in [-0.2, -0.15) is 11.8 Å². The Hall–Kier alpha value is -3.40. The van der Waals surface area contributed by atoms with Gasteiger partial charge in [-0.1, -0.05) is 63.2 Å². The lowest BCUT2D eigenvalue weighted by Crippen LogP contribution is -2.47. The second kappa shape index (κ2) is 16.9. The smallest absolute Gasteiger partial charge is 0.310 e. The van der Waals surface area contributed by atoms with Gasteiger partial charge < -0.3 is 19.5 Å². The van der Waals surface area contributed by atoms with E-state index in [2.05, 4.69) is 5.32 Å². The lowest BCUT2D eigenvalue weighted by atomic mass is 10.0. The number of rotatable bonds is 16. The zero-order valence-corrected chi connectivity index (χ0v) is 26.2. The molecule has 1 amide bonds. The van der Waals surface area contributed by atoms with Crippen molar-refractivity contribution < 1.29 is 38.2 Å². The van der Waals surface area contributed by atoms with Gasteiger partial charge in [-0.15, -0.1) is 0 Å². The van der Waals surface area contributed by atoms with E-state index in [-0.39, 0.29) is 24.7 Å². The van der Waals surface area contributed by atoms with Crippen LogP contribution in [0.4, 0.5) is 0 Å². The molecule has 1 N–H and O–H groups in total. The summed E-state index contributed by atoms with van der Waals surface area (Å²) in [6, 6.07) is 12.0. The molecule has 0 aromatic heterocycles. The number of ketones is 1. The first-order valence-electron chi connectivity index (χ1n) is 14.2. The highest BCUT2D eigenvalue weighted by molar-refractivity contribution is 7.99. The van der Waals surface area contributed by atoms with Crippen molar-refractivity contribution in [1.29, 1.82) is 0 Å². The molecule has 0 fully saturated rings. The fraction of sp³-hybridized carbons (Fsp3) is 0.531. The van der Waals surface area contributed by atoms with Crippen LogP contribution in [0.3, 0.4) is 0 Å². The number of carbonyl (C=O) groups is 5. The van der Waals surface area contributed by atoms with E-state index in [9.17, 15) is 24.0 Å². The highest BCUT2D eigenvalue weighted by Crippen LogP contribution is 2.19. The van der Waals surface area contributed by atoms with E-state index in [1.807, 2.05) is 56.3 Å². The monoisotopic (exact) mass is 601 g/mol. The minimum Gasteiger partial charge on any atom is -0.465 e. The third-order valence-electron chi connectivity index (χ3n) is 5.93. The maximum atomic E-state index is 13.1. The van der Waals surface area contributed by atoms with Crippen LogP contribution in [0.25, 0.3) is 10.8 Å². The van der Waals surface area contributed by atoms with Gasteiger partial charge in [0.15, 0.2) is 12.4 Å². The highest BCUT2D eigenvalue weighted by Gasteiger charge is 2.29. The molecule has 0 aliphatic heterocycles. The SMILES string of the molecule is CC(C)COC(=O)CCSCC(C)C(=O)NC(CC(=O)OC(C)(C)C)C(=O)COC(=O)Cc1cccc2ccccc12. The number of ether oxygens (including phenoxy) is 3. The Morgan fingerprint density at radius 1 is 0.881 bits per heavy atom. The first-order chi connectivity index (χ1) is 19.7. The number of carbonyl (C=O) groups excluding carboxylic acids is 5. The second-order valence-corrected chi connectivity index (χ2v) is 12.7. The zero-order valence-electron chi connectivity index (χ0n) is 25.4. The first-order valence-corrected chi connectivity index (χ1v) is 15.3. The molecule has 2 atom stereocenters. The maximum Gasteiger partial charge on any atom is 0.310 e. The van der Waals surface area contributed by atoms with Crippen LogP contribution in [0, 0.1) is 11.8 Å². The van der Waals surface area contributed by atoms with Gasteiger partial charge in [0.05, 0.1) is 25.9 Å². The van der Waals surface area contributed by atoms with Gasteiger partial charge in [0.1, 0.15) is 11.6 Å². The summed E-state index contributed by atoms with van der Waals surface area (Å²) >= 11 is 1.42. The lowest BCUT2D eigenvalue weighted by molar-refractivity contribution is -0.157. The van der Waals surface area contributed by atoms with Gasteiger partial charge >= 0.3 is 17.9 Å². The molecule has 0 aliphatic carbocycles. The van der Waals surface area contributed by atoms with E-state index in [1.165, 1.54) is 11.8 Å². The summed E-state index contributed by atoms with van der Waals surface area (Å²) in [4.78, 5) is 62.9.